The van der Waals surface area contributed by atoms with Gasteiger partial charge in [0.2, 0.25) is 5.95 Å². The molecule has 5 aromatic rings. The molecule has 178 valence electrons. The molecular formula is C28H25N7O. The van der Waals surface area contributed by atoms with Gasteiger partial charge in [-0.1, -0.05) is 6.04 Å². The quantitative estimate of drug-likeness (QED) is 0.322. The zero-order chi connectivity index (χ0) is 34.6. The lowest BCUT2D eigenvalue weighted by molar-refractivity contribution is 0.102. The molecule has 3 heterocycles. The van der Waals surface area contributed by atoms with E-state index in [4.69, 9.17) is 15.1 Å². The molecule has 0 aliphatic rings. The lowest BCUT2D eigenvalue weighted by Gasteiger charge is -2.13. The first-order chi connectivity index (χ1) is 22.0. The minimum Gasteiger partial charge on any atom is -0.324 e. The van der Waals surface area contributed by atoms with Crippen molar-refractivity contribution in [3.8, 4) is 16.9 Å². The van der Waals surface area contributed by atoms with Gasteiger partial charge in [0, 0.05) is 52.9 Å². The van der Waals surface area contributed by atoms with E-state index in [-0.39, 0.29) is 35.0 Å². The van der Waals surface area contributed by atoms with Crippen molar-refractivity contribution in [2.75, 3.05) is 10.6 Å². The first kappa shape index (κ1) is 13.3. The molecule has 2 N–H and O–H groups in total. The van der Waals surface area contributed by atoms with Crippen LogP contribution in [0.5, 0.6) is 0 Å². The van der Waals surface area contributed by atoms with Gasteiger partial charge in [-0.3, -0.25) is 9.78 Å². The molecule has 0 aliphatic heterocycles. The summed E-state index contributed by atoms with van der Waals surface area (Å²) in [6, 6.07) is 1.57. The molecule has 0 atom stereocenters. The molecule has 0 fully saturated rings. The lowest BCUT2D eigenvalue weighted by atomic mass is 10.1. The largest absolute Gasteiger partial charge is 0.324 e. The average Bonchev–Trinajstić information content (AvgIpc) is 3.25. The van der Waals surface area contributed by atoms with E-state index in [1.165, 1.54) is 17.6 Å². The number of rotatable bonds is 6. The number of imidazole rings is 1. The molecule has 2 aromatic carbocycles. The Morgan fingerprint density at radius 2 is 1.92 bits per heavy atom. The van der Waals surface area contributed by atoms with Crippen molar-refractivity contribution in [1.82, 2.24) is 24.5 Å². The number of hydrogen-bond donors (Lipinski definition) is 2. The van der Waals surface area contributed by atoms with Gasteiger partial charge in [-0.2, -0.15) is 0 Å². The Morgan fingerprint density at radius 3 is 2.75 bits per heavy atom. The smallest absolute Gasteiger partial charge is 0.255 e. The molecule has 5 rings (SSSR count). The second-order valence-electron chi connectivity index (χ2n) is 7.72. The van der Waals surface area contributed by atoms with Gasteiger partial charge in [0.15, 0.2) is 0 Å². The Kier molecular flexibility index (Phi) is 3.62. The summed E-state index contributed by atoms with van der Waals surface area (Å²) in [4.78, 5) is 29.2. The van der Waals surface area contributed by atoms with Crippen LogP contribution in [0.2, 0.25) is 0 Å². The molecule has 0 saturated carbocycles. The highest BCUT2D eigenvalue weighted by Crippen LogP contribution is 2.24. The first-order valence-electron chi connectivity index (χ1n) is 16.1. The summed E-state index contributed by atoms with van der Waals surface area (Å²) in [6.45, 7) is 4.76. The summed E-state index contributed by atoms with van der Waals surface area (Å²) in [5.74, 6) is -1.30. The second kappa shape index (κ2) is 9.79. The minimum atomic E-state index is -0.904. The molecule has 8 heteroatoms. The number of benzene rings is 2. The van der Waals surface area contributed by atoms with Crippen LogP contribution in [-0.4, -0.2) is 30.4 Å². The van der Waals surface area contributed by atoms with E-state index in [2.05, 4.69) is 30.6 Å². The summed E-state index contributed by atoms with van der Waals surface area (Å²) in [5, 5.41) is 5.32. The third-order valence-corrected chi connectivity index (χ3v) is 4.89. The maximum atomic E-state index is 13.6. The Bertz CT molecular complexity index is 2140. The number of nitrogens with one attached hydrogen (secondary N) is 2. The number of amides is 1. The molecule has 1 amide bonds. The van der Waals surface area contributed by atoms with Crippen LogP contribution in [0.15, 0.2) is 85.4 Å². The molecule has 0 saturated heterocycles. The number of pyridine rings is 1. The minimum absolute atomic E-state index is 0.00442. The molecule has 3 aromatic heterocycles. The Morgan fingerprint density at radius 1 is 1.03 bits per heavy atom. The van der Waals surface area contributed by atoms with Crippen LogP contribution in [-0.2, 0) is 0 Å². The molecule has 0 spiro atoms. The number of nitrogens with zero attached hydrogens (tertiary/aromatic N) is 5. The topological polar surface area (TPSA) is 97.6 Å². The second-order valence-corrected chi connectivity index (χ2v) is 7.72. The first-order valence-corrected chi connectivity index (χ1v) is 10.6. The van der Waals surface area contributed by atoms with E-state index in [0.29, 0.717) is 16.9 Å². The van der Waals surface area contributed by atoms with Crippen molar-refractivity contribution in [2.45, 2.75) is 20.8 Å². The SMILES string of the molecule is [2H]c1nc(Nc2c([2H])c(C(=O)Nc3cc(C)cc(-n4c([2H])nc(C)c4[2H])c3)c([2H])c([2H])c2C)nc(-c2c([2H])nc([2H])c([2H])c2[2H])c1[2H]. The van der Waals surface area contributed by atoms with Gasteiger partial charge in [0.05, 0.1) is 31.4 Å². The van der Waals surface area contributed by atoms with Crippen molar-refractivity contribution in [1.29, 1.82) is 0 Å². The van der Waals surface area contributed by atoms with Gasteiger partial charge >= 0.3 is 0 Å². The highest BCUT2D eigenvalue weighted by Gasteiger charge is 2.12. The number of aryl methyl sites for hydroxylation is 2. The lowest BCUT2D eigenvalue weighted by Crippen LogP contribution is -2.13. The zero-order valence-corrected chi connectivity index (χ0v) is 19.4. The summed E-state index contributed by atoms with van der Waals surface area (Å²) in [5.41, 5.74) is 0.279. The monoisotopic (exact) mass is 486 g/mol. The predicted octanol–water partition coefficient (Wildman–Crippen LogP) is 5.65. The van der Waals surface area contributed by atoms with Gasteiger partial charge in [0.25, 0.3) is 5.91 Å². The van der Waals surface area contributed by atoms with Gasteiger partial charge < -0.3 is 15.2 Å². The Labute approximate surface area is 224 Å². The number of anilines is 3. The van der Waals surface area contributed by atoms with E-state index < -0.39 is 77.9 Å². The van der Waals surface area contributed by atoms with Crippen LogP contribution < -0.4 is 10.6 Å². The van der Waals surface area contributed by atoms with Crippen molar-refractivity contribution >= 4 is 23.2 Å². The van der Waals surface area contributed by atoms with Gasteiger partial charge in [0.1, 0.15) is 1.37 Å². The summed E-state index contributed by atoms with van der Waals surface area (Å²) in [7, 11) is 0. The third-order valence-electron chi connectivity index (χ3n) is 4.89. The van der Waals surface area contributed by atoms with Crippen molar-refractivity contribution in [2.24, 2.45) is 0 Å². The maximum absolute atomic E-state index is 13.6. The standard InChI is InChI=1S/C28H25N7O/c1-18-11-23(14-24(12-18)35-16-20(3)31-17-35)32-27(36)21-7-6-19(2)26(13-21)34-28-30-10-8-25(33-28)22-5-4-9-29-15-22/h4-17H,1-3H3,(H,32,36)(H,30,33,34)/i4D,5D,6D,7D,8D,9D,10D,13D,15D,16D,17D. The van der Waals surface area contributed by atoms with Gasteiger partial charge in [-0.15, -0.1) is 0 Å². The summed E-state index contributed by atoms with van der Waals surface area (Å²) in [6.07, 6.45) is -2.05. The number of hydrogen-bond acceptors (Lipinski definition) is 6. The average molecular weight is 487 g/mol. The van der Waals surface area contributed by atoms with Crippen LogP contribution in [0.1, 0.15) is 42.3 Å². The van der Waals surface area contributed by atoms with Gasteiger partial charge in [-0.05, 0) is 80.3 Å². The number of carbonyl (C=O) groups is 1. The van der Waals surface area contributed by atoms with E-state index in [0.717, 1.165) is 0 Å². The molecule has 0 unspecified atom stereocenters. The summed E-state index contributed by atoms with van der Waals surface area (Å²) < 4.78 is 91.9. The normalized spacial score (nSPS) is 15.0. The van der Waals surface area contributed by atoms with Crippen LogP contribution in [0.3, 0.4) is 0 Å². The summed E-state index contributed by atoms with van der Waals surface area (Å²) >= 11 is 0. The zero-order valence-electron chi connectivity index (χ0n) is 30.4. The van der Waals surface area contributed by atoms with Crippen molar-refractivity contribution < 1.29 is 19.9 Å². The van der Waals surface area contributed by atoms with Crippen LogP contribution in [0.25, 0.3) is 16.9 Å². The van der Waals surface area contributed by atoms with Crippen molar-refractivity contribution in [3.05, 3.63) is 108 Å². The maximum Gasteiger partial charge on any atom is 0.255 e. The van der Waals surface area contributed by atoms with E-state index in [9.17, 15) is 4.79 Å². The molecule has 36 heavy (non-hydrogen) atoms. The highest BCUT2D eigenvalue weighted by molar-refractivity contribution is 6.05. The van der Waals surface area contributed by atoms with E-state index in [1.54, 1.807) is 26.0 Å². The molecule has 0 bridgehead atoms. The Balaban J connectivity index is 1.56. The fraction of sp³-hybridized carbons (Fsp3) is 0.107. The van der Waals surface area contributed by atoms with Crippen LogP contribution in [0, 0.1) is 20.8 Å². The van der Waals surface area contributed by atoms with Crippen molar-refractivity contribution in [3.63, 3.8) is 0 Å². The van der Waals surface area contributed by atoms with Crippen LogP contribution >= 0.6 is 0 Å². The van der Waals surface area contributed by atoms with Gasteiger partial charge in [-0.25, -0.2) is 15.0 Å². The Hall–Kier alpha value is -4.85. The fourth-order valence-electron chi connectivity index (χ4n) is 3.25. The molecule has 0 aliphatic carbocycles. The third kappa shape index (κ3) is 5.12. The van der Waals surface area contributed by atoms with Crippen LogP contribution in [0.4, 0.5) is 17.3 Å². The number of carbonyl (C=O) groups excluding carboxylic acids is 1. The highest BCUT2D eigenvalue weighted by atomic mass is 16.1. The van der Waals surface area contributed by atoms with E-state index in [1.807, 2.05) is 0 Å². The molecule has 0 radical (unpaired) electrons. The predicted molar refractivity (Wildman–Crippen MR) is 141 cm³/mol. The van der Waals surface area contributed by atoms with E-state index >= 15 is 0 Å². The molecular weight excluding hydrogens is 450 g/mol. The fourth-order valence-corrected chi connectivity index (χ4v) is 3.25. The number of aromatic nitrogens is 5. The molecule has 8 nitrogen and oxygen atoms in total.